The normalized spacial score (nSPS) is 14.4. The van der Waals surface area contributed by atoms with E-state index in [9.17, 15) is 0 Å². The highest BCUT2D eigenvalue weighted by molar-refractivity contribution is 5.70. The van der Waals surface area contributed by atoms with Gasteiger partial charge in [0.25, 0.3) is 0 Å². The van der Waals surface area contributed by atoms with E-state index in [2.05, 4.69) is 38.6 Å². The minimum atomic E-state index is 0.564. The molecule has 26 heavy (non-hydrogen) atoms. The first-order valence-electron chi connectivity index (χ1n) is 8.93. The number of para-hydroxylation sites is 2. The summed E-state index contributed by atoms with van der Waals surface area (Å²) in [6, 6.07) is 18.2. The molecule has 0 unspecified atom stereocenters. The van der Waals surface area contributed by atoms with Gasteiger partial charge in [-0.1, -0.05) is 30.3 Å². The standard InChI is InChI=1S/C20H22N4O2/c1-2-6-16(7-3-1)20-23-22-19(26-20)10-11-21-17-8-4-5-9-18(17)24-12-14-25-15-13-24/h1-9,21H,10-15H2. The van der Waals surface area contributed by atoms with Crippen LogP contribution in [0.3, 0.4) is 0 Å². The van der Waals surface area contributed by atoms with E-state index in [0.29, 0.717) is 18.2 Å². The van der Waals surface area contributed by atoms with Gasteiger partial charge in [0.05, 0.1) is 24.6 Å². The molecule has 1 aliphatic heterocycles. The quantitative estimate of drug-likeness (QED) is 0.736. The number of benzene rings is 2. The Bertz CT molecular complexity index is 829. The van der Waals surface area contributed by atoms with Gasteiger partial charge in [-0.2, -0.15) is 0 Å². The van der Waals surface area contributed by atoms with Crippen LogP contribution in [0.25, 0.3) is 11.5 Å². The first-order chi connectivity index (χ1) is 12.9. The van der Waals surface area contributed by atoms with Gasteiger partial charge < -0.3 is 19.4 Å². The largest absolute Gasteiger partial charge is 0.421 e. The zero-order valence-electron chi connectivity index (χ0n) is 14.6. The van der Waals surface area contributed by atoms with E-state index in [1.807, 2.05) is 36.4 Å². The minimum Gasteiger partial charge on any atom is -0.421 e. The number of ether oxygens (including phenoxy) is 1. The summed E-state index contributed by atoms with van der Waals surface area (Å²) in [7, 11) is 0. The van der Waals surface area contributed by atoms with E-state index >= 15 is 0 Å². The highest BCUT2D eigenvalue weighted by atomic mass is 16.5. The highest BCUT2D eigenvalue weighted by Gasteiger charge is 2.14. The number of anilines is 2. The maximum atomic E-state index is 5.77. The summed E-state index contributed by atoms with van der Waals surface area (Å²) < 4.78 is 11.2. The number of nitrogens with one attached hydrogen (secondary N) is 1. The lowest BCUT2D eigenvalue weighted by Gasteiger charge is -2.30. The maximum absolute atomic E-state index is 5.77. The van der Waals surface area contributed by atoms with Crippen LogP contribution in [-0.2, 0) is 11.2 Å². The first-order valence-corrected chi connectivity index (χ1v) is 8.93. The van der Waals surface area contributed by atoms with Gasteiger partial charge in [0.1, 0.15) is 0 Å². The predicted octanol–water partition coefficient (Wildman–Crippen LogP) is 3.23. The summed E-state index contributed by atoms with van der Waals surface area (Å²) in [6.07, 6.45) is 0.678. The summed E-state index contributed by atoms with van der Waals surface area (Å²) in [5, 5.41) is 11.8. The Morgan fingerprint density at radius 2 is 1.69 bits per heavy atom. The molecule has 0 atom stereocenters. The molecule has 4 rings (SSSR count). The zero-order valence-corrected chi connectivity index (χ0v) is 14.6. The smallest absolute Gasteiger partial charge is 0.247 e. The summed E-state index contributed by atoms with van der Waals surface area (Å²) in [5.74, 6) is 1.20. The second kappa shape index (κ2) is 8.01. The van der Waals surface area contributed by atoms with Crippen molar-refractivity contribution in [1.29, 1.82) is 0 Å². The Morgan fingerprint density at radius 3 is 2.54 bits per heavy atom. The van der Waals surface area contributed by atoms with E-state index in [4.69, 9.17) is 9.15 Å². The topological polar surface area (TPSA) is 63.4 Å². The number of nitrogens with zero attached hydrogens (tertiary/aromatic N) is 3. The SMILES string of the molecule is c1ccc(-c2nnc(CCNc3ccccc3N3CCOCC3)o2)cc1. The molecule has 2 aromatic carbocycles. The molecule has 1 aliphatic rings. The van der Waals surface area contributed by atoms with Gasteiger partial charge in [-0.25, -0.2) is 0 Å². The molecule has 0 spiro atoms. The molecule has 0 amide bonds. The maximum Gasteiger partial charge on any atom is 0.247 e. The molecule has 1 N–H and O–H groups in total. The van der Waals surface area contributed by atoms with Crippen LogP contribution in [0.4, 0.5) is 11.4 Å². The molecule has 1 aromatic heterocycles. The average Bonchev–Trinajstić information content (AvgIpc) is 3.19. The number of hydrogen-bond acceptors (Lipinski definition) is 6. The second-order valence-corrected chi connectivity index (χ2v) is 6.16. The molecule has 6 heteroatoms. The molecule has 1 saturated heterocycles. The van der Waals surface area contributed by atoms with Gasteiger partial charge in [-0.3, -0.25) is 0 Å². The lowest BCUT2D eigenvalue weighted by Crippen LogP contribution is -2.36. The molecule has 0 radical (unpaired) electrons. The van der Waals surface area contributed by atoms with Crippen molar-refractivity contribution in [3.05, 3.63) is 60.5 Å². The van der Waals surface area contributed by atoms with E-state index in [1.165, 1.54) is 5.69 Å². The van der Waals surface area contributed by atoms with Crippen LogP contribution < -0.4 is 10.2 Å². The van der Waals surface area contributed by atoms with Crippen LogP contribution >= 0.6 is 0 Å². The fourth-order valence-electron chi connectivity index (χ4n) is 3.06. The van der Waals surface area contributed by atoms with Crippen molar-refractivity contribution >= 4 is 11.4 Å². The second-order valence-electron chi connectivity index (χ2n) is 6.16. The van der Waals surface area contributed by atoms with Gasteiger partial charge in [0, 0.05) is 31.6 Å². The molecule has 0 saturated carbocycles. The fourth-order valence-corrected chi connectivity index (χ4v) is 3.06. The van der Waals surface area contributed by atoms with E-state index in [0.717, 1.165) is 44.1 Å². The highest BCUT2D eigenvalue weighted by Crippen LogP contribution is 2.26. The van der Waals surface area contributed by atoms with Crippen molar-refractivity contribution in [1.82, 2.24) is 10.2 Å². The average molecular weight is 350 g/mol. The van der Waals surface area contributed by atoms with Crippen LogP contribution in [0, 0.1) is 0 Å². The molecular formula is C20H22N4O2. The van der Waals surface area contributed by atoms with E-state index in [1.54, 1.807) is 0 Å². The van der Waals surface area contributed by atoms with Crippen LogP contribution in [-0.4, -0.2) is 43.0 Å². The molecule has 2 heterocycles. The third-order valence-corrected chi connectivity index (χ3v) is 4.40. The number of rotatable bonds is 6. The van der Waals surface area contributed by atoms with E-state index in [-0.39, 0.29) is 0 Å². The fraction of sp³-hybridized carbons (Fsp3) is 0.300. The van der Waals surface area contributed by atoms with Gasteiger partial charge in [-0.05, 0) is 24.3 Å². The Morgan fingerprint density at radius 1 is 0.923 bits per heavy atom. The molecule has 0 bridgehead atoms. The van der Waals surface area contributed by atoms with Crippen molar-refractivity contribution < 1.29 is 9.15 Å². The molecule has 134 valence electrons. The Hall–Kier alpha value is -2.86. The lowest BCUT2D eigenvalue weighted by atomic mass is 10.2. The summed E-state index contributed by atoms with van der Waals surface area (Å²) in [4.78, 5) is 2.35. The number of morpholine rings is 1. The van der Waals surface area contributed by atoms with Crippen molar-refractivity contribution in [2.24, 2.45) is 0 Å². The minimum absolute atomic E-state index is 0.564. The van der Waals surface area contributed by atoms with Gasteiger partial charge in [0.2, 0.25) is 11.8 Å². The van der Waals surface area contributed by atoms with Crippen LogP contribution in [0.15, 0.2) is 59.0 Å². The van der Waals surface area contributed by atoms with Crippen molar-refractivity contribution in [3.63, 3.8) is 0 Å². The summed E-state index contributed by atoms with van der Waals surface area (Å²) in [5.41, 5.74) is 3.28. The first kappa shape index (κ1) is 16.6. The Labute approximate surface area is 152 Å². The predicted molar refractivity (Wildman–Crippen MR) is 101 cm³/mol. The summed E-state index contributed by atoms with van der Waals surface area (Å²) in [6.45, 7) is 4.13. The summed E-state index contributed by atoms with van der Waals surface area (Å²) >= 11 is 0. The van der Waals surface area contributed by atoms with Crippen LogP contribution in [0.1, 0.15) is 5.89 Å². The lowest BCUT2D eigenvalue weighted by molar-refractivity contribution is 0.123. The van der Waals surface area contributed by atoms with Crippen LogP contribution in [0.5, 0.6) is 0 Å². The third-order valence-electron chi connectivity index (χ3n) is 4.40. The molecule has 6 nitrogen and oxygen atoms in total. The Balaban J connectivity index is 1.37. The zero-order chi connectivity index (χ0) is 17.6. The molecule has 3 aromatic rings. The van der Waals surface area contributed by atoms with Crippen molar-refractivity contribution in [2.75, 3.05) is 43.1 Å². The van der Waals surface area contributed by atoms with Crippen molar-refractivity contribution in [2.45, 2.75) is 6.42 Å². The molecule has 1 fully saturated rings. The molecular weight excluding hydrogens is 328 g/mol. The number of hydrogen-bond donors (Lipinski definition) is 1. The van der Waals surface area contributed by atoms with Gasteiger partial charge in [-0.15, -0.1) is 10.2 Å². The van der Waals surface area contributed by atoms with E-state index < -0.39 is 0 Å². The number of aromatic nitrogens is 2. The molecule has 0 aliphatic carbocycles. The monoisotopic (exact) mass is 350 g/mol. The van der Waals surface area contributed by atoms with Crippen LogP contribution in [0.2, 0.25) is 0 Å². The van der Waals surface area contributed by atoms with Gasteiger partial charge >= 0.3 is 0 Å². The van der Waals surface area contributed by atoms with Gasteiger partial charge in [0.15, 0.2) is 0 Å². The Kier molecular flexibility index (Phi) is 5.12. The van der Waals surface area contributed by atoms with Crippen molar-refractivity contribution in [3.8, 4) is 11.5 Å². The third kappa shape index (κ3) is 3.86.